The minimum absolute atomic E-state index is 0.151. The number of aliphatic carboxylic acids is 1. The number of hydrogen-bond acceptors (Lipinski definition) is 5. The van der Waals surface area contributed by atoms with Gasteiger partial charge in [0, 0.05) is 32.6 Å². The third-order valence-electron chi connectivity index (χ3n) is 2.38. The number of amides is 1. The predicted molar refractivity (Wildman–Crippen MR) is 74.8 cm³/mol. The molecule has 0 atom stereocenters. The van der Waals surface area contributed by atoms with E-state index in [0.29, 0.717) is 5.56 Å². The number of aromatic nitrogens is 1. The van der Waals surface area contributed by atoms with Crippen LogP contribution in [0.1, 0.15) is 5.56 Å². The lowest BCUT2D eigenvalue weighted by atomic mass is 10.2. The average molecular weight is 313 g/mol. The molecule has 1 rings (SSSR count). The maximum Gasteiger partial charge on any atom is 0.328 e. The zero-order valence-corrected chi connectivity index (χ0v) is 12.3. The second-order valence-corrected chi connectivity index (χ2v) is 6.01. The summed E-state index contributed by atoms with van der Waals surface area (Å²) in [5, 5.41) is 8.52. The van der Waals surface area contributed by atoms with Crippen molar-refractivity contribution in [1.82, 2.24) is 14.6 Å². The van der Waals surface area contributed by atoms with E-state index in [1.54, 1.807) is 0 Å². The fourth-order valence-electron chi connectivity index (χ4n) is 1.24. The molecule has 1 aromatic rings. The molecule has 0 spiro atoms. The van der Waals surface area contributed by atoms with E-state index < -0.39 is 21.9 Å². The molecule has 0 aliphatic rings. The molecule has 9 heteroatoms. The summed E-state index contributed by atoms with van der Waals surface area (Å²) in [5.41, 5.74) is 0.319. The summed E-state index contributed by atoms with van der Waals surface area (Å²) in [5.74, 6) is -1.55. The summed E-state index contributed by atoms with van der Waals surface area (Å²) < 4.78 is 26.1. The summed E-state index contributed by atoms with van der Waals surface area (Å²) in [7, 11) is -0.872. The third kappa shape index (κ3) is 5.32. The number of carboxylic acid groups (broad SMARTS) is 1. The Morgan fingerprint density at radius 1 is 1.38 bits per heavy atom. The van der Waals surface area contributed by atoms with Crippen LogP contribution in [0.4, 0.5) is 0 Å². The van der Waals surface area contributed by atoms with Crippen LogP contribution in [-0.4, -0.2) is 55.9 Å². The highest BCUT2D eigenvalue weighted by molar-refractivity contribution is 7.89. The van der Waals surface area contributed by atoms with Gasteiger partial charge in [0.1, 0.15) is 4.90 Å². The van der Waals surface area contributed by atoms with Crippen LogP contribution in [0.25, 0.3) is 6.08 Å². The van der Waals surface area contributed by atoms with E-state index in [4.69, 9.17) is 5.11 Å². The Hall–Kier alpha value is -2.26. The molecule has 0 saturated carbocycles. The van der Waals surface area contributed by atoms with Gasteiger partial charge >= 0.3 is 5.97 Å². The van der Waals surface area contributed by atoms with Crippen molar-refractivity contribution in [3.63, 3.8) is 0 Å². The number of sulfonamides is 1. The molecule has 8 nitrogen and oxygen atoms in total. The highest BCUT2D eigenvalue weighted by atomic mass is 32.2. The second kappa shape index (κ2) is 6.95. The Morgan fingerprint density at radius 2 is 2.05 bits per heavy atom. The Kier molecular flexibility index (Phi) is 5.56. The molecule has 21 heavy (non-hydrogen) atoms. The topological polar surface area (TPSA) is 117 Å². The minimum atomic E-state index is -3.89. The zero-order valence-electron chi connectivity index (χ0n) is 11.5. The monoisotopic (exact) mass is 313 g/mol. The number of rotatable bonds is 6. The molecular formula is C12H15N3O5S. The average Bonchev–Trinajstić information content (AvgIpc) is 2.42. The van der Waals surface area contributed by atoms with Crippen molar-refractivity contribution < 1.29 is 23.1 Å². The van der Waals surface area contributed by atoms with E-state index in [1.807, 2.05) is 0 Å². The Morgan fingerprint density at radius 3 is 2.62 bits per heavy atom. The van der Waals surface area contributed by atoms with E-state index >= 15 is 0 Å². The lowest BCUT2D eigenvalue weighted by molar-refractivity contribution is -0.131. The number of nitrogens with zero attached hydrogens (tertiary/aromatic N) is 2. The van der Waals surface area contributed by atoms with Crippen LogP contribution < -0.4 is 4.72 Å². The second-order valence-electron chi connectivity index (χ2n) is 4.24. The molecule has 1 heterocycles. The number of carbonyl (C=O) groups is 2. The molecular weight excluding hydrogens is 298 g/mol. The van der Waals surface area contributed by atoms with Crippen molar-refractivity contribution >= 4 is 28.0 Å². The smallest absolute Gasteiger partial charge is 0.328 e. The number of likely N-dealkylation sites (N-methyl/N-ethyl adjacent to an activating group) is 1. The quantitative estimate of drug-likeness (QED) is 0.687. The van der Waals surface area contributed by atoms with Crippen molar-refractivity contribution in [1.29, 1.82) is 0 Å². The lowest BCUT2D eigenvalue weighted by Gasteiger charge is -2.11. The van der Waals surface area contributed by atoms with Gasteiger partial charge in [-0.2, -0.15) is 0 Å². The molecule has 2 N–H and O–H groups in total. The highest BCUT2D eigenvalue weighted by Gasteiger charge is 2.16. The zero-order chi connectivity index (χ0) is 16.0. The van der Waals surface area contributed by atoms with Gasteiger partial charge in [0.15, 0.2) is 0 Å². The van der Waals surface area contributed by atoms with E-state index in [0.717, 1.165) is 12.3 Å². The Bertz CT molecular complexity index is 667. The summed E-state index contributed by atoms with van der Waals surface area (Å²) in [6.45, 7) is -0.371. The van der Waals surface area contributed by atoms with E-state index in [2.05, 4.69) is 9.71 Å². The fourth-order valence-corrected chi connectivity index (χ4v) is 2.21. The van der Waals surface area contributed by atoms with Gasteiger partial charge in [-0.3, -0.25) is 9.78 Å². The van der Waals surface area contributed by atoms with Crippen LogP contribution in [0.5, 0.6) is 0 Å². The molecule has 0 saturated heterocycles. The Balaban J connectivity index is 2.91. The highest BCUT2D eigenvalue weighted by Crippen LogP contribution is 2.10. The van der Waals surface area contributed by atoms with Gasteiger partial charge in [-0.25, -0.2) is 17.9 Å². The summed E-state index contributed by atoms with van der Waals surface area (Å²) in [6, 6.07) is 1.26. The molecule has 0 bridgehead atoms. The maximum atomic E-state index is 12.0. The van der Waals surface area contributed by atoms with Crippen LogP contribution in [0.2, 0.25) is 0 Å². The minimum Gasteiger partial charge on any atom is -0.478 e. The summed E-state index contributed by atoms with van der Waals surface area (Å²) >= 11 is 0. The van der Waals surface area contributed by atoms with Crippen LogP contribution in [0.15, 0.2) is 29.4 Å². The van der Waals surface area contributed by atoms with E-state index in [9.17, 15) is 18.0 Å². The van der Waals surface area contributed by atoms with Crippen molar-refractivity contribution in [3.8, 4) is 0 Å². The number of hydrogen-bond donors (Lipinski definition) is 2. The standard InChI is InChI=1S/C12H15N3O5S/c1-15(2)11(16)8-14-21(19,20)10-5-9(6-13-7-10)3-4-12(17)18/h3-7,14H,8H2,1-2H3,(H,17,18). The first-order valence-corrected chi connectivity index (χ1v) is 7.26. The third-order valence-corrected chi connectivity index (χ3v) is 3.74. The number of carbonyl (C=O) groups excluding carboxylic acids is 1. The van der Waals surface area contributed by atoms with E-state index in [1.165, 1.54) is 37.3 Å². The number of nitrogens with one attached hydrogen (secondary N) is 1. The number of carboxylic acids is 1. The molecule has 1 amide bonds. The van der Waals surface area contributed by atoms with Gasteiger partial charge in [-0.15, -0.1) is 0 Å². The number of pyridine rings is 1. The van der Waals surface area contributed by atoms with Gasteiger partial charge in [0.05, 0.1) is 6.54 Å². The normalized spacial score (nSPS) is 11.5. The summed E-state index contributed by atoms with van der Waals surface area (Å²) in [6.07, 6.45) is 4.53. The molecule has 114 valence electrons. The fraction of sp³-hybridized carbons (Fsp3) is 0.250. The van der Waals surface area contributed by atoms with Crippen LogP contribution in [0.3, 0.4) is 0 Å². The first-order chi connectivity index (χ1) is 9.72. The van der Waals surface area contributed by atoms with Gasteiger partial charge in [-0.1, -0.05) is 0 Å². The van der Waals surface area contributed by atoms with Crippen molar-refractivity contribution in [2.75, 3.05) is 20.6 Å². The van der Waals surface area contributed by atoms with Crippen LogP contribution >= 0.6 is 0 Å². The first-order valence-electron chi connectivity index (χ1n) is 5.78. The van der Waals surface area contributed by atoms with Crippen molar-refractivity contribution in [2.45, 2.75) is 4.90 Å². The molecule has 0 radical (unpaired) electrons. The van der Waals surface area contributed by atoms with Gasteiger partial charge in [0.2, 0.25) is 15.9 Å². The summed E-state index contributed by atoms with van der Waals surface area (Å²) in [4.78, 5) is 26.6. The van der Waals surface area contributed by atoms with Crippen molar-refractivity contribution in [2.24, 2.45) is 0 Å². The van der Waals surface area contributed by atoms with Gasteiger partial charge in [-0.05, 0) is 17.7 Å². The molecule has 0 aromatic carbocycles. The Labute approximate surface area is 122 Å². The van der Waals surface area contributed by atoms with Crippen molar-refractivity contribution in [3.05, 3.63) is 30.1 Å². The molecule has 0 aliphatic heterocycles. The van der Waals surface area contributed by atoms with Gasteiger partial charge < -0.3 is 10.0 Å². The van der Waals surface area contributed by atoms with Crippen LogP contribution in [0, 0.1) is 0 Å². The largest absolute Gasteiger partial charge is 0.478 e. The predicted octanol–water partition coefficient (Wildman–Crippen LogP) is -0.454. The SMILES string of the molecule is CN(C)C(=O)CNS(=O)(=O)c1cncc(C=CC(=O)O)c1. The van der Waals surface area contributed by atoms with Crippen LogP contribution in [-0.2, 0) is 19.6 Å². The van der Waals surface area contributed by atoms with Gasteiger partial charge in [0.25, 0.3) is 0 Å². The first kappa shape index (κ1) is 16.8. The molecule has 0 fully saturated rings. The maximum absolute atomic E-state index is 12.0. The molecule has 0 unspecified atom stereocenters. The van der Waals surface area contributed by atoms with E-state index in [-0.39, 0.29) is 11.4 Å². The lowest BCUT2D eigenvalue weighted by Crippen LogP contribution is -2.36. The molecule has 1 aromatic heterocycles. The molecule has 0 aliphatic carbocycles.